The Bertz CT molecular complexity index is 463. The normalized spacial score (nSPS) is 21.7. The minimum atomic E-state index is -0.00708. The van der Waals surface area contributed by atoms with Gasteiger partial charge in [-0.15, -0.1) is 0 Å². The van der Waals surface area contributed by atoms with Gasteiger partial charge in [0.15, 0.2) is 6.54 Å². The molecule has 1 fully saturated rings. The molecule has 1 heterocycles. The summed E-state index contributed by atoms with van der Waals surface area (Å²) in [7, 11) is 5.36. The molecule has 1 aliphatic rings. The smallest absolute Gasteiger partial charge is 0.279 e. The van der Waals surface area contributed by atoms with Crippen LogP contribution in [0.5, 0.6) is 11.5 Å². The van der Waals surface area contributed by atoms with Crippen molar-refractivity contribution in [3.8, 4) is 11.5 Å². The molecule has 21 heavy (non-hydrogen) atoms. The molecule has 0 atom stereocenters. The Morgan fingerprint density at radius 2 is 1.71 bits per heavy atom. The molecule has 1 aromatic rings. The van der Waals surface area contributed by atoms with E-state index in [1.807, 2.05) is 18.2 Å². The van der Waals surface area contributed by atoms with E-state index in [9.17, 15) is 4.79 Å². The molecular formula is C15H25N3O3+2. The third kappa shape index (κ3) is 4.09. The zero-order valence-corrected chi connectivity index (χ0v) is 13.0. The number of likely N-dealkylation sites (N-methyl/N-ethyl adjacent to an activating group) is 1. The van der Waals surface area contributed by atoms with Gasteiger partial charge in [-0.05, 0) is 12.1 Å². The third-order valence-corrected chi connectivity index (χ3v) is 3.91. The van der Waals surface area contributed by atoms with Gasteiger partial charge in [0.05, 0.1) is 21.3 Å². The van der Waals surface area contributed by atoms with Crippen LogP contribution in [0.4, 0.5) is 5.69 Å². The highest BCUT2D eigenvalue weighted by Gasteiger charge is 2.23. The highest BCUT2D eigenvalue weighted by atomic mass is 16.5. The maximum Gasteiger partial charge on any atom is 0.279 e. The summed E-state index contributed by atoms with van der Waals surface area (Å²) in [6.45, 7) is 4.76. The fourth-order valence-electron chi connectivity index (χ4n) is 2.59. The Hall–Kier alpha value is -1.79. The summed E-state index contributed by atoms with van der Waals surface area (Å²) in [6, 6.07) is 5.45. The number of amides is 1. The second kappa shape index (κ2) is 7.28. The number of para-hydroxylation sites is 1. The Morgan fingerprint density at radius 1 is 1.14 bits per heavy atom. The van der Waals surface area contributed by atoms with Gasteiger partial charge in [-0.25, -0.2) is 0 Å². The molecular weight excluding hydrogens is 270 g/mol. The third-order valence-electron chi connectivity index (χ3n) is 3.91. The fourth-order valence-corrected chi connectivity index (χ4v) is 2.59. The van der Waals surface area contributed by atoms with Gasteiger partial charge in [-0.2, -0.15) is 0 Å². The van der Waals surface area contributed by atoms with Crippen molar-refractivity contribution in [1.29, 1.82) is 0 Å². The van der Waals surface area contributed by atoms with Crippen LogP contribution in [0.25, 0.3) is 0 Å². The number of quaternary nitrogens is 2. The lowest BCUT2D eigenvalue weighted by Crippen LogP contribution is -3.27. The molecule has 1 saturated heterocycles. The molecule has 0 spiro atoms. The number of benzene rings is 1. The lowest BCUT2D eigenvalue weighted by Gasteiger charge is -2.26. The number of piperazine rings is 1. The maximum atomic E-state index is 12.2. The zero-order chi connectivity index (χ0) is 15.2. The summed E-state index contributed by atoms with van der Waals surface area (Å²) in [5.74, 6) is 1.22. The SMILES string of the molecule is COc1cccc(OC)c1NC(=O)C[NH+]1CC[NH+](C)CC1. The summed E-state index contributed by atoms with van der Waals surface area (Å²) in [5, 5.41) is 2.92. The predicted octanol–water partition coefficient (Wildman–Crippen LogP) is -1.94. The average Bonchev–Trinajstić information content (AvgIpc) is 2.49. The van der Waals surface area contributed by atoms with Crippen LogP contribution in [-0.4, -0.2) is 59.9 Å². The van der Waals surface area contributed by atoms with E-state index in [4.69, 9.17) is 9.47 Å². The van der Waals surface area contributed by atoms with Gasteiger partial charge < -0.3 is 24.6 Å². The lowest BCUT2D eigenvalue weighted by molar-refractivity contribution is -0.999. The summed E-state index contributed by atoms with van der Waals surface area (Å²) in [4.78, 5) is 15.1. The monoisotopic (exact) mass is 295 g/mol. The minimum Gasteiger partial charge on any atom is -0.494 e. The molecule has 0 saturated carbocycles. The topological polar surface area (TPSA) is 56.4 Å². The van der Waals surface area contributed by atoms with Crippen molar-refractivity contribution in [3.63, 3.8) is 0 Å². The first kappa shape index (κ1) is 15.6. The van der Waals surface area contributed by atoms with E-state index >= 15 is 0 Å². The van der Waals surface area contributed by atoms with E-state index in [0.29, 0.717) is 23.7 Å². The number of carbonyl (C=O) groups is 1. The number of rotatable bonds is 5. The molecule has 0 unspecified atom stereocenters. The average molecular weight is 295 g/mol. The summed E-state index contributed by atoms with van der Waals surface area (Å²) in [6.07, 6.45) is 0. The van der Waals surface area contributed by atoms with Crippen LogP contribution in [0.15, 0.2) is 18.2 Å². The highest BCUT2D eigenvalue weighted by Crippen LogP contribution is 2.33. The first-order chi connectivity index (χ1) is 10.1. The molecule has 116 valence electrons. The quantitative estimate of drug-likeness (QED) is 0.592. The van der Waals surface area contributed by atoms with Gasteiger partial charge in [0, 0.05) is 0 Å². The van der Waals surface area contributed by atoms with E-state index in [1.54, 1.807) is 14.2 Å². The van der Waals surface area contributed by atoms with E-state index in [0.717, 1.165) is 26.2 Å². The van der Waals surface area contributed by atoms with Crippen LogP contribution in [0.1, 0.15) is 0 Å². The second-order valence-electron chi connectivity index (χ2n) is 5.47. The van der Waals surface area contributed by atoms with E-state index < -0.39 is 0 Å². The van der Waals surface area contributed by atoms with Gasteiger partial charge in [-0.3, -0.25) is 4.79 Å². The Balaban J connectivity index is 1.99. The standard InChI is InChI=1S/C15H23N3O3/c1-17-7-9-18(10-8-17)11-14(19)16-15-12(20-2)5-4-6-13(15)21-3/h4-6H,7-11H2,1-3H3,(H,16,19)/p+2. The largest absolute Gasteiger partial charge is 0.494 e. The van der Waals surface area contributed by atoms with Crippen molar-refractivity contribution in [2.24, 2.45) is 0 Å². The van der Waals surface area contributed by atoms with Crippen LogP contribution in [0.2, 0.25) is 0 Å². The molecule has 1 amide bonds. The number of ether oxygens (including phenoxy) is 2. The zero-order valence-electron chi connectivity index (χ0n) is 13.0. The van der Waals surface area contributed by atoms with Gasteiger partial charge in [-0.1, -0.05) is 6.07 Å². The summed E-state index contributed by atoms with van der Waals surface area (Å²) >= 11 is 0. The van der Waals surface area contributed by atoms with Gasteiger partial charge in [0.25, 0.3) is 5.91 Å². The fraction of sp³-hybridized carbons (Fsp3) is 0.533. The molecule has 0 aliphatic carbocycles. The Labute approximate surface area is 125 Å². The van der Waals surface area contributed by atoms with Gasteiger partial charge in [0.2, 0.25) is 0 Å². The predicted molar refractivity (Wildman–Crippen MR) is 80.4 cm³/mol. The molecule has 1 aliphatic heterocycles. The number of anilines is 1. The molecule has 3 N–H and O–H groups in total. The maximum absolute atomic E-state index is 12.2. The van der Waals surface area contributed by atoms with Crippen LogP contribution in [-0.2, 0) is 4.79 Å². The van der Waals surface area contributed by atoms with Gasteiger partial charge >= 0.3 is 0 Å². The van der Waals surface area contributed by atoms with E-state index in [-0.39, 0.29) is 5.91 Å². The number of hydrogen-bond acceptors (Lipinski definition) is 3. The first-order valence-corrected chi connectivity index (χ1v) is 7.29. The lowest BCUT2D eigenvalue weighted by atomic mass is 10.2. The number of hydrogen-bond donors (Lipinski definition) is 3. The molecule has 6 heteroatoms. The highest BCUT2D eigenvalue weighted by molar-refractivity contribution is 5.94. The molecule has 6 nitrogen and oxygen atoms in total. The van der Waals surface area contributed by atoms with Crippen LogP contribution in [0, 0.1) is 0 Å². The van der Waals surface area contributed by atoms with Crippen molar-refractivity contribution >= 4 is 11.6 Å². The number of carbonyl (C=O) groups excluding carboxylic acids is 1. The molecule has 0 bridgehead atoms. The first-order valence-electron chi connectivity index (χ1n) is 7.29. The molecule has 1 aromatic carbocycles. The molecule has 0 radical (unpaired) electrons. The summed E-state index contributed by atoms with van der Waals surface area (Å²) in [5.41, 5.74) is 0.603. The van der Waals surface area contributed by atoms with Gasteiger partial charge in [0.1, 0.15) is 43.4 Å². The van der Waals surface area contributed by atoms with Crippen molar-refractivity contribution in [3.05, 3.63) is 18.2 Å². The van der Waals surface area contributed by atoms with Crippen molar-refractivity contribution in [2.45, 2.75) is 0 Å². The van der Waals surface area contributed by atoms with Crippen molar-refractivity contribution in [1.82, 2.24) is 0 Å². The number of nitrogens with one attached hydrogen (secondary N) is 3. The van der Waals surface area contributed by atoms with Crippen molar-refractivity contribution < 1.29 is 24.1 Å². The van der Waals surface area contributed by atoms with Crippen LogP contribution >= 0.6 is 0 Å². The second-order valence-corrected chi connectivity index (χ2v) is 5.47. The minimum absolute atomic E-state index is 0.00708. The molecule has 2 rings (SSSR count). The Morgan fingerprint density at radius 3 is 2.24 bits per heavy atom. The van der Waals surface area contributed by atoms with Crippen molar-refractivity contribution in [2.75, 3.05) is 59.3 Å². The molecule has 0 aromatic heterocycles. The number of methoxy groups -OCH3 is 2. The Kier molecular flexibility index (Phi) is 5.41. The van der Waals surface area contributed by atoms with E-state index in [1.165, 1.54) is 9.80 Å². The van der Waals surface area contributed by atoms with Crippen LogP contribution < -0.4 is 24.6 Å². The van der Waals surface area contributed by atoms with E-state index in [2.05, 4.69) is 12.4 Å². The summed E-state index contributed by atoms with van der Waals surface area (Å²) < 4.78 is 10.6. The van der Waals surface area contributed by atoms with Crippen LogP contribution in [0.3, 0.4) is 0 Å².